The van der Waals surface area contributed by atoms with Crippen LogP contribution in [0.5, 0.6) is 0 Å². The first kappa shape index (κ1) is 16.5. The molecule has 0 spiro atoms. The summed E-state index contributed by atoms with van der Waals surface area (Å²) in [5.41, 5.74) is 0.529. The number of amides is 1. The number of thiazole rings is 1. The van der Waals surface area contributed by atoms with Crippen LogP contribution in [-0.4, -0.2) is 32.1 Å². The average molecular weight is 346 g/mol. The monoisotopic (exact) mass is 346 g/mol. The first-order valence-corrected chi connectivity index (χ1v) is 8.52. The normalized spacial score (nSPS) is 11.6. The zero-order valence-electron chi connectivity index (χ0n) is 11.4. The van der Waals surface area contributed by atoms with Crippen LogP contribution in [0.2, 0.25) is 0 Å². The van der Waals surface area contributed by atoms with Crippen LogP contribution < -0.4 is 4.90 Å². The summed E-state index contributed by atoms with van der Waals surface area (Å²) in [6, 6.07) is 4.85. The Morgan fingerprint density at radius 2 is 1.95 bits per heavy atom. The minimum absolute atomic E-state index is 0.0189. The minimum atomic E-state index is -4.61. The fraction of sp³-hybridized carbons (Fsp3) is 0.231. The second-order valence-corrected chi connectivity index (χ2v) is 7.18. The highest BCUT2D eigenvalue weighted by Crippen LogP contribution is 2.20. The van der Waals surface area contributed by atoms with Crippen LogP contribution in [0.4, 0.5) is 13.9 Å². The van der Waals surface area contributed by atoms with Crippen molar-refractivity contribution in [1.82, 2.24) is 4.98 Å². The molecular weight excluding hydrogens is 334 g/mol. The number of rotatable bonds is 5. The summed E-state index contributed by atoms with van der Waals surface area (Å²) < 4.78 is 47.4. The molecule has 9 heteroatoms. The van der Waals surface area contributed by atoms with Gasteiger partial charge in [-0.2, -0.15) is 8.78 Å². The second kappa shape index (κ2) is 6.49. The quantitative estimate of drug-likeness (QED) is 0.833. The molecule has 0 radical (unpaired) electrons. The third-order valence-corrected chi connectivity index (χ3v) is 5.17. The zero-order valence-corrected chi connectivity index (χ0v) is 13.1. The van der Waals surface area contributed by atoms with Crippen LogP contribution in [0.1, 0.15) is 5.56 Å². The van der Waals surface area contributed by atoms with Crippen molar-refractivity contribution >= 4 is 32.2 Å². The molecule has 0 aliphatic rings. The SMILES string of the molecule is CN(C(=O)Cc1ccc(S(=O)(=O)C(F)F)cc1)c1nccs1. The van der Waals surface area contributed by atoms with Crippen LogP contribution in [0, 0.1) is 0 Å². The van der Waals surface area contributed by atoms with E-state index in [2.05, 4.69) is 4.98 Å². The van der Waals surface area contributed by atoms with E-state index in [1.165, 1.54) is 28.4 Å². The van der Waals surface area contributed by atoms with Crippen molar-refractivity contribution in [3.63, 3.8) is 0 Å². The van der Waals surface area contributed by atoms with E-state index in [0.29, 0.717) is 10.7 Å². The number of likely N-dealkylation sites (N-methyl/N-ethyl adjacent to an activating group) is 1. The van der Waals surface area contributed by atoms with Gasteiger partial charge in [-0.05, 0) is 17.7 Å². The van der Waals surface area contributed by atoms with Gasteiger partial charge in [0.05, 0.1) is 11.3 Å². The molecule has 0 unspecified atom stereocenters. The van der Waals surface area contributed by atoms with Crippen molar-refractivity contribution in [2.75, 3.05) is 11.9 Å². The summed E-state index contributed by atoms with van der Waals surface area (Å²) in [7, 11) is -3.03. The number of carbonyl (C=O) groups is 1. The van der Waals surface area contributed by atoms with Crippen LogP contribution >= 0.6 is 11.3 Å². The Kier molecular flexibility index (Phi) is 4.87. The lowest BCUT2D eigenvalue weighted by Gasteiger charge is -2.13. The zero-order chi connectivity index (χ0) is 16.3. The van der Waals surface area contributed by atoms with Gasteiger partial charge in [-0.25, -0.2) is 13.4 Å². The van der Waals surface area contributed by atoms with E-state index in [1.807, 2.05) is 0 Å². The van der Waals surface area contributed by atoms with Gasteiger partial charge in [0.2, 0.25) is 15.7 Å². The smallest absolute Gasteiger partial charge is 0.291 e. The molecule has 0 saturated carbocycles. The number of halogens is 2. The number of benzene rings is 1. The second-order valence-electron chi connectivity index (χ2n) is 4.39. The summed E-state index contributed by atoms with van der Waals surface area (Å²) in [6.07, 6.45) is 1.60. The molecular formula is C13H12F2N2O3S2. The van der Waals surface area contributed by atoms with Crippen LogP contribution in [0.25, 0.3) is 0 Å². The Hall–Kier alpha value is -1.87. The van der Waals surface area contributed by atoms with Gasteiger partial charge in [0.1, 0.15) is 0 Å². The maximum absolute atomic E-state index is 12.4. The van der Waals surface area contributed by atoms with E-state index in [-0.39, 0.29) is 12.3 Å². The predicted octanol–water partition coefficient (Wildman–Crippen LogP) is 2.34. The summed E-state index contributed by atoms with van der Waals surface area (Å²) >= 11 is 1.31. The summed E-state index contributed by atoms with van der Waals surface area (Å²) in [5, 5.41) is 2.28. The van der Waals surface area contributed by atoms with Gasteiger partial charge in [0.15, 0.2) is 5.13 Å². The van der Waals surface area contributed by atoms with Crippen molar-refractivity contribution in [1.29, 1.82) is 0 Å². The molecule has 1 amide bonds. The Bertz CT molecular complexity index is 744. The van der Waals surface area contributed by atoms with Crippen LogP contribution in [-0.2, 0) is 21.1 Å². The van der Waals surface area contributed by atoms with E-state index in [4.69, 9.17) is 0 Å². The predicted molar refractivity (Wildman–Crippen MR) is 78.9 cm³/mol. The average Bonchev–Trinajstić information content (AvgIpc) is 3.01. The number of hydrogen-bond acceptors (Lipinski definition) is 5. The van der Waals surface area contributed by atoms with Gasteiger partial charge >= 0.3 is 5.76 Å². The molecule has 2 rings (SSSR count). The number of hydrogen-bond donors (Lipinski definition) is 0. The Morgan fingerprint density at radius 3 is 2.45 bits per heavy atom. The van der Waals surface area contributed by atoms with E-state index in [0.717, 1.165) is 12.1 Å². The maximum atomic E-state index is 12.4. The molecule has 1 aromatic carbocycles. The van der Waals surface area contributed by atoms with E-state index in [1.54, 1.807) is 18.6 Å². The molecule has 0 aliphatic heterocycles. The molecule has 0 N–H and O–H groups in total. The van der Waals surface area contributed by atoms with Crippen molar-refractivity contribution in [2.24, 2.45) is 0 Å². The van der Waals surface area contributed by atoms with Gasteiger partial charge < -0.3 is 0 Å². The number of carbonyl (C=O) groups excluding carboxylic acids is 1. The van der Waals surface area contributed by atoms with Crippen LogP contribution in [0.3, 0.4) is 0 Å². The van der Waals surface area contributed by atoms with Crippen molar-refractivity contribution in [3.05, 3.63) is 41.4 Å². The third-order valence-electron chi connectivity index (χ3n) is 2.92. The molecule has 5 nitrogen and oxygen atoms in total. The molecule has 2 aromatic rings. The summed E-state index contributed by atoms with van der Waals surface area (Å²) in [5.74, 6) is -3.70. The van der Waals surface area contributed by atoms with E-state index >= 15 is 0 Å². The molecule has 22 heavy (non-hydrogen) atoms. The number of alkyl halides is 2. The molecule has 1 aromatic heterocycles. The molecule has 0 saturated heterocycles. The van der Waals surface area contributed by atoms with Gasteiger partial charge in [-0.3, -0.25) is 9.69 Å². The standard InChI is InChI=1S/C13H12F2N2O3S2/c1-17(13-16-6-7-21-13)11(18)8-9-2-4-10(5-3-9)22(19,20)12(14)15/h2-7,12H,8H2,1H3. The lowest BCUT2D eigenvalue weighted by Crippen LogP contribution is -2.27. The number of anilines is 1. The fourth-order valence-corrected chi connectivity index (χ4v) is 3.03. The van der Waals surface area contributed by atoms with E-state index in [9.17, 15) is 22.0 Å². The summed E-state index contributed by atoms with van der Waals surface area (Å²) in [6.45, 7) is 0. The number of sulfone groups is 1. The van der Waals surface area contributed by atoms with Gasteiger partial charge in [0.25, 0.3) is 0 Å². The molecule has 1 heterocycles. The molecule has 0 fully saturated rings. The van der Waals surface area contributed by atoms with Crippen LogP contribution in [0.15, 0.2) is 40.7 Å². The molecule has 0 bridgehead atoms. The highest BCUT2D eigenvalue weighted by atomic mass is 32.2. The van der Waals surface area contributed by atoms with Gasteiger partial charge in [-0.15, -0.1) is 11.3 Å². The Morgan fingerprint density at radius 1 is 1.32 bits per heavy atom. The molecule has 118 valence electrons. The largest absolute Gasteiger partial charge is 0.341 e. The van der Waals surface area contributed by atoms with Crippen molar-refractivity contribution in [3.8, 4) is 0 Å². The lowest BCUT2D eigenvalue weighted by molar-refractivity contribution is -0.117. The Balaban J connectivity index is 2.10. The highest BCUT2D eigenvalue weighted by molar-refractivity contribution is 7.91. The first-order chi connectivity index (χ1) is 10.3. The van der Waals surface area contributed by atoms with Crippen molar-refractivity contribution < 1.29 is 22.0 Å². The Labute approximate surface area is 130 Å². The lowest BCUT2D eigenvalue weighted by atomic mass is 10.1. The van der Waals surface area contributed by atoms with E-state index < -0.39 is 20.5 Å². The minimum Gasteiger partial charge on any atom is -0.291 e. The van der Waals surface area contributed by atoms with Gasteiger partial charge in [-0.1, -0.05) is 12.1 Å². The molecule has 0 atom stereocenters. The topological polar surface area (TPSA) is 67.3 Å². The van der Waals surface area contributed by atoms with Gasteiger partial charge in [0, 0.05) is 18.6 Å². The summed E-state index contributed by atoms with van der Waals surface area (Å²) in [4.78, 5) is 17.0. The number of aromatic nitrogens is 1. The fourth-order valence-electron chi connectivity index (χ4n) is 1.68. The highest BCUT2D eigenvalue weighted by Gasteiger charge is 2.26. The first-order valence-electron chi connectivity index (χ1n) is 6.09. The van der Waals surface area contributed by atoms with Crippen molar-refractivity contribution in [2.45, 2.75) is 17.1 Å². The molecule has 0 aliphatic carbocycles. The third kappa shape index (κ3) is 3.47. The maximum Gasteiger partial charge on any atom is 0.341 e. The number of nitrogens with zero attached hydrogens (tertiary/aromatic N) is 2.